The third kappa shape index (κ3) is 4.97. The average molecular weight is 202 g/mol. The Hall–Kier alpha value is -0.0800. The Bertz CT molecular complexity index is 141. The summed E-state index contributed by atoms with van der Waals surface area (Å²) in [5.74, 6) is -0.359. The summed E-state index contributed by atoms with van der Waals surface area (Å²) in [4.78, 5) is 0. The summed E-state index contributed by atoms with van der Waals surface area (Å²) in [6.45, 7) is 10.8. The van der Waals surface area contributed by atoms with Crippen LogP contribution < -0.4 is 0 Å². The quantitative estimate of drug-likeness (QED) is 0.507. The summed E-state index contributed by atoms with van der Waals surface area (Å²) in [6.07, 6.45) is 3.40. The topological polar surface area (TPSA) is 29.5 Å². The van der Waals surface area contributed by atoms with Crippen molar-refractivity contribution in [1.82, 2.24) is 0 Å². The highest BCUT2D eigenvalue weighted by Crippen LogP contribution is 2.25. The molecule has 86 valence electrons. The molecular formula is C12H26O2. The molecule has 0 aliphatic heterocycles. The van der Waals surface area contributed by atoms with E-state index < -0.39 is 5.79 Å². The van der Waals surface area contributed by atoms with Crippen LogP contribution in [0, 0.1) is 11.8 Å². The van der Waals surface area contributed by atoms with Gasteiger partial charge in [-0.05, 0) is 19.3 Å². The zero-order valence-electron chi connectivity index (χ0n) is 10.3. The maximum atomic E-state index is 10.0. The number of hydrogen-bond acceptors (Lipinski definition) is 2. The number of ether oxygens (including phenoxy) is 1. The van der Waals surface area contributed by atoms with Crippen molar-refractivity contribution in [2.75, 3.05) is 6.61 Å². The number of hydrogen-bond donors (Lipinski definition) is 1. The second kappa shape index (κ2) is 6.41. The highest BCUT2D eigenvalue weighted by molar-refractivity contribution is 4.71. The van der Waals surface area contributed by atoms with Gasteiger partial charge in [0.15, 0.2) is 5.79 Å². The first-order chi connectivity index (χ1) is 6.41. The summed E-state index contributed by atoms with van der Waals surface area (Å²) in [6, 6.07) is 0. The zero-order chi connectivity index (χ0) is 11.2. The molecule has 0 bridgehead atoms. The summed E-state index contributed by atoms with van der Waals surface area (Å²) in [7, 11) is 0. The summed E-state index contributed by atoms with van der Waals surface area (Å²) in [5, 5.41) is 10.0. The number of rotatable bonds is 7. The Kier molecular flexibility index (Phi) is 6.38. The molecule has 0 aliphatic carbocycles. The van der Waals surface area contributed by atoms with E-state index in [2.05, 4.69) is 20.8 Å². The summed E-state index contributed by atoms with van der Waals surface area (Å²) in [5.41, 5.74) is 0. The Morgan fingerprint density at radius 1 is 1.21 bits per heavy atom. The molecule has 0 aromatic heterocycles. The summed E-state index contributed by atoms with van der Waals surface area (Å²) < 4.78 is 5.51. The third-order valence-corrected chi connectivity index (χ3v) is 2.99. The van der Waals surface area contributed by atoms with Gasteiger partial charge in [-0.1, -0.05) is 40.5 Å². The average Bonchev–Trinajstić information content (AvgIpc) is 2.11. The predicted molar refractivity (Wildman–Crippen MR) is 60.1 cm³/mol. The van der Waals surface area contributed by atoms with Crippen molar-refractivity contribution in [3.8, 4) is 0 Å². The molecular weight excluding hydrogens is 176 g/mol. The standard InChI is InChI=1S/C12H26O2/c1-6-7-8-9-14-12(5,13)11(4)10(2)3/h10-11,13H,6-9H2,1-5H3. The van der Waals surface area contributed by atoms with Gasteiger partial charge >= 0.3 is 0 Å². The van der Waals surface area contributed by atoms with E-state index in [1.165, 1.54) is 12.8 Å². The van der Waals surface area contributed by atoms with Gasteiger partial charge in [0.1, 0.15) is 0 Å². The Balaban J connectivity index is 3.82. The van der Waals surface area contributed by atoms with Crippen molar-refractivity contribution in [2.45, 2.75) is 59.7 Å². The normalized spacial score (nSPS) is 18.2. The molecule has 14 heavy (non-hydrogen) atoms. The van der Waals surface area contributed by atoms with E-state index in [9.17, 15) is 5.11 Å². The van der Waals surface area contributed by atoms with Gasteiger partial charge in [0.05, 0.1) is 6.61 Å². The Labute approximate surface area is 88.7 Å². The number of unbranched alkanes of at least 4 members (excludes halogenated alkanes) is 2. The lowest BCUT2D eigenvalue weighted by Gasteiger charge is -2.32. The first kappa shape index (κ1) is 13.9. The van der Waals surface area contributed by atoms with Crippen LogP contribution >= 0.6 is 0 Å². The van der Waals surface area contributed by atoms with Gasteiger partial charge in [-0.2, -0.15) is 0 Å². The second-order valence-corrected chi connectivity index (χ2v) is 4.64. The van der Waals surface area contributed by atoms with E-state index >= 15 is 0 Å². The van der Waals surface area contributed by atoms with Gasteiger partial charge in [-0.15, -0.1) is 0 Å². The Morgan fingerprint density at radius 2 is 1.79 bits per heavy atom. The Morgan fingerprint density at radius 3 is 2.21 bits per heavy atom. The molecule has 2 unspecified atom stereocenters. The van der Waals surface area contributed by atoms with Crippen LogP contribution in [-0.2, 0) is 4.74 Å². The molecule has 0 aromatic carbocycles. The van der Waals surface area contributed by atoms with Crippen LogP contribution in [0.25, 0.3) is 0 Å². The minimum absolute atomic E-state index is 0.170. The van der Waals surface area contributed by atoms with Crippen LogP contribution in [0.2, 0.25) is 0 Å². The van der Waals surface area contributed by atoms with Crippen LogP contribution in [-0.4, -0.2) is 17.5 Å². The van der Waals surface area contributed by atoms with Gasteiger partial charge in [0, 0.05) is 5.92 Å². The minimum atomic E-state index is -0.970. The molecule has 0 heterocycles. The molecule has 2 heteroatoms. The van der Waals surface area contributed by atoms with Gasteiger partial charge in [0.2, 0.25) is 0 Å². The van der Waals surface area contributed by atoms with Crippen molar-refractivity contribution in [2.24, 2.45) is 11.8 Å². The molecule has 1 N–H and O–H groups in total. The molecule has 2 atom stereocenters. The fourth-order valence-electron chi connectivity index (χ4n) is 1.38. The molecule has 0 amide bonds. The lowest BCUT2D eigenvalue weighted by molar-refractivity contribution is -0.228. The van der Waals surface area contributed by atoms with E-state index in [1.807, 2.05) is 6.92 Å². The van der Waals surface area contributed by atoms with Gasteiger partial charge < -0.3 is 9.84 Å². The first-order valence-corrected chi connectivity index (χ1v) is 5.78. The lowest BCUT2D eigenvalue weighted by atomic mass is 9.90. The smallest absolute Gasteiger partial charge is 0.165 e. The van der Waals surface area contributed by atoms with E-state index in [1.54, 1.807) is 6.92 Å². The molecule has 0 aromatic rings. The monoisotopic (exact) mass is 202 g/mol. The van der Waals surface area contributed by atoms with Crippen molar-refractivity contribution in [1.29, 1.82) is 0 Å². The second-order valence-electron chi connectivity index (χ2n) is 4.64. The SMILES string of the molecule is CCCCCOC(C)(O)C(C)C(C)C. The van der Waals surface area contributed by atoms with Crippen molar-refractivity contribution < 1.29 is 9.84 Å². The lowest BCUT2D eigenvalue weighted by Crippen LogP contribution is -2.39. The zero-order valence-corrected chi connectivity index (χ0v) is 10.3. The van der Waals surface area contributed by atoms with E-state index in [0.29, 0.717) is 12.5 Å². The van der Waals surface area contributed by atoms with Gasteiger partial charge in [-0.3, -0.25) is 0 Å². The molecule has 0 radical (unpaired) electrons. The minimum Gasteiger partial charge on any atom is -0.365 e. The van der Waals surface area contributed by atoms with Crippen LogP contribution in [0.15, 0.2) is 0 Å². The van der Waals surface area contributed by atoms with E-state index in [-0.39, 0.29) is 5.92 Å². The van der Waals surface area contributed by atoms with Crippen LogP contribution in [0.4, 0.5) is 0 Å². The molecule has 0 saturated heterocycles. The van der Waals surface area contributed by atoms with Gasteiger partial charge in [0.25, 0.3) is 0 Å². The molecule has 0 rings (SSSR count). The van der Waals surface area contributed by atoms with Crippen LogP contribution in [0.3, 0.4) is 0 Å². The largest absolute Gasteiger partial charge is 0.365 e. The van der Waals surface area contributed by atoms with E-state index in [4.69, 9.17) is 4.74 Å². The number of aliphatic hydroxyl groups is 1. The predicted octanol–water partition coefficient (Wildman–Crippen LogP) is 3.19. The molecule has 2 nitrogen and oxygen atoms in total. The van der Waals surface area contributed by atoms with Crippen molar-refractivity contribution in [3.05, 3.63) is 0 Å². The van der Waals surface area contributed by atoms with Crippen LogP contribution in [0.5, 0.6) is 0 Å². The third-order valence-electron chi connectivity index (χ3n) is 2.99. The molecule has 0 spiro atoms. The molecule has 0 aliphatic rings. The fourth-order valence-corrected chi connectivity index (χ4v) is 1.38. The highest BCUT2D eigenvalue weighted by atomic mass is 16.6. The fraction of sp³-hybridized carbons (Fsp3) is 1.00. The van der Waals surface area contributed by atoms with Crippen LogP contribution in [0.1, 0.15) is 53.9 Å². The first-order valence-electron chi connectivity index (χ1n) is 5.78. The molecule has 0 fully saturated rings. The van der Waals surface area contributed by atoms with Crippen molar-refractivity contribution in [3.63, 3.8) is 0 Å². The molecule has 0 saturated carbocycles. The van der Waals surface area contributed by atoms with Gasteiger partial charge in [-0.25, -0.2) is 0 Å². The maximum absolute atomic E-state index is 10.0. The van der Waals surface area contributed by atoms with Crippen molar-refractivity contribution >= 4 is 0 Å². The summed E-state index contributed by atoms with van der Waals surface area (Å²) >= 11 is 0. The maximum Gasteiger partial charge on any atom is 0.165 e. The van der Waals surface area contributed by atoms with E-state index in [0.717, 1.165) is 6.42 Å². The highest BCUT2D eigenvalue weighted by Gasteiger charge is 2.30.